The van der Waals surface area contributed by atoms with Gasteiger partial charge >= 0.3 is 12.1 Å². The van der Waals surface area contributed by atoms with Crippen LogP contribution in [0.3, 0.4) is 0 Å². The van der Waals surface area contributed by atoms with Crippen LogP contribution in [0.15, 0.2) is 0 Å². The summed E-state index contributed by atoms with van der Waals surface area (Å²) in [5.74, 6) is -0.377. The Morgan fingerprint density at radius 2 is 2.23 bits per heavy atom. The molecule has 22 heavy (non-hydrogen) atoms. The smallest absolute Gasteiger partial charge is 0.401 e. The van der Waals surface area contributed by atoms with Crippen molar-refractivity contribution in [3.63, 3.8) is 0 Å². The SMILES string of the molecule is COC(=O)C[C@@H]1CN(C[C@@H](O)CN(C)CC(F)(F)F)CCO1. The standard InChI is InChI=1S/C13H23F3N2O4/c1-17(9-13(14,15)16)6-10(19)7-18-3-4-22-11(8-18)5-12(20)21-2/h10-11,19H,3-9H2,1-2H3/t10-,11+/m0/s1. The average Bonchev–Trinajstić information content (AvgIpc) is 2.36. The lowest BCUT2D eigenvalue weighted by Gasteiger charge is -2.34. The second-order valence-electron chi connectivity index (χ2n) is 5.50. The highest BCUT2D eigenvalue weighted by atomic mass is 19.4. The molecule has 1 fully saturated rings. The fourth-order valence-corrected chi connectivity index (χ4v) is 2.43. The van der Waals surface area contributed by atoms with Gasteiger partial charge in [-0.1, -0.05) is 0 Å². The van der Waals surface area contributed by atoms with Gasteiger partial charge in [-0.15, -0.1) is 0 Å². The Bertz CT molecular complexity index is 355. The lowest BCUT2D eigenvalue weighted by Crippen LogP contribution is -2.48. The number of morpholine rings is 1. The first-order valence-corrected chi connectivity index (χ1v) is 7.03. The fourth-order valence-electron chi connectivity index (χ4n) is 2.43. The third kappa shape index (κ3) is 7.92. The van der Waals surface area contributed by atoms with E-state index in [1.807, 2.05) is 4.90 Å². The number of β-amino-alcohol motifs (C(OH)–C–C–N with tert-alkyl or cyclic N) is 1. The molecule has 1 heterocycles. The van der Waals surface area contributed by atoms with Crippen LogP contribution in [0.25, 0.3) is 0 Å². The summed E-state index contributed by atoms with van der Waals surface area (Å²) >= 11 is 0. The van der Waals surface area contributed by atoms with Crippen molar-refractivity contribution in [3.8, 4) is 0 Å². The minimum Gasteiger partial charge on any atom is -0.469 e. The molecule has 1 rings (SSSR count). The average molecular weight is 328 g/mol. The number of esters is 1. The van der Waals surface area contributed by atoms with E-state index in [9.17, 15) is 23.1 Å². The van der Waals surface area contributed by atoms with Crippen molar-refractivity contribution >= 4 is 5.97 Å². The van der Waals surface area contributed by atoms with Crippen LogP contribution in [0, 0.1) is 0 Å². The molecule has 1 saturated heterocycles. The van der Waals surface area contributed by atoms with Gasteiger partial charge in [-0.3, -0.25) is 14.6 Å². The number of likely N-dealkylation sites (N-methyl/N-ethyl adjacent to an activating group) is 1. The van der Waals surface area contributed by atoms with Gasteiger partial charge in [-0.05, 0) is 7.05 Å². The fraction of sp³-hybridized carbons (Fsp3) is 0.923. The van der Waals surface area contributed by atoms with E-state index in [1.54, 1.807) is 0 Å². The summed E-state index contributed by atoms with van der Waals surface area (Å²) in [6.45, 7) is 0.527. The summed E-state index contributed by atoms with van der Waals surface area (Å²) < 4.78 is 46.7. The van der Waals surface area contributed by atoms with Crippen LogP contribution in [0.4, 0.5) is 13.2 Å². The van der Waals surface area contributed by atoms with E-state index in [4.69, 9.17) is 4.74 Å². The maximum atomic E-state index is 12.2. The summed E-state index contributed by atoms with van der Waals surface area (Å²) in [6.07, 6.45) is -5.37. The first-order chi connectivity index (χ1) is 10.2. The molecule has 0 spiro atoms. The maximum Gasteiger partial charge on any atom is 0.401 e. The normalized spacial score (nSPS) is 21.9. The number of alkyl halides is 3. The van der Waals surface area contributed by atoms with E-state index in [2.05, 4.69) is 4.74 Å². The van der Waals surface area contributed by atoms with Crippen LogP contribution < -0.4 is 0 Å². The van der Waals surface area contributed by atoms with Crippen molar-refractivity contribution < 1.29 is 32.5 Å². The second-order valence-corrected chi connectivity index (χ2v) is 5.50. The van der Waals surface area contributed by atoms with Crippen molar-refractivity contribution in [2.24, 2.45) is 0 Å². The zero-order valence-electron chi connectivity index (χ0n) is 12.8. The van der Waals surface area contributed by atoms with Crippen LogP contribution in [0.5, 0.6) is 0 Å². The molecule has 0 aromatic heterocycles. The molecule has 0 aliphatic carbocycles. The molecular formula is C13H23F3N2O4. The number of carbonyl (C=O) groups is 1. The van der Waals surface area contributed by atoms with Gasteiger partial charge in [0, 0.05) is 26.2 Å². The predicted octanol–water partition coefficient (Wildman–Crippen LogP) is 0.105. The highest BCUT2D eigenvalue weighted by Crippen LogP contribution is 2.16. The Morgan fingerprint density at radius 3 is 2.82 bits per heavy atom. The van der Waals surface area contributed by atoms with E-state index in [0.29, 0.717) is 19.7 Å². The number of rotatable bonds is 7. The summed E-state index contributed by atoms with van der Waals surface area (Å²) in [4.78, 5) is 14.1. The number of carbonyl (C=O) groups excluding carboxylic acids is 1. The van der Waals surface area contributed by atoms with Crippen molar-refractivity contribution in [2.75, 3.05) is 53.5 Å². The highest BCUT2D eigenvalue weighted by Gasteiger charge is 2.30. The number of methoxy groups -OCH3 is 1. The molecule has 0 unspecified atom stereocenters. The minimum absolute atomic E-state index is 0.0709. The second kappa shape index (κ2) is 8.66. The molecule has 0 radical (unpaired) electrons. The number of hydrogen-bond acceptors (Lipinski definition) is 6. The minimum atomic E-state index is -4.28. The molecule has 1 aliphatic rings. The van der Waals surface area contributed by atoms with Gasteiger partial charge in [0.1, 0.15) is 0 Å². The van der Waals surface area contributed by atoms with Crippen molar-refractivity contribution in [1.29, 1.82) is 0 Å². The Morgan fingerprint density at radius 1 is 1.55 bits per heavy atom. The number of hydrogen-bond donors (Lipinski definition) is 1. The molecule has 0 aromatic rings. The molecule has 130 valence electrons. The molecule has 9 heteroatoms. The number of ether oxygens (including phenoxy) is 2. The first kappa shape index (κ1) is 19.1. The van der Waals surface area contributed by atoms with E-state index < -0.39 is 18.8 Å². The van der Waals surface area contributed by atoms with Gasteiger partial charge in [0.15, 0.2) is 0 Å². The maximum absolute atomic E-state index is 12.2. The Kier molecular flexibility index (Phi) is 7.54. The van der Waals surface area contributed by atoms with E-state index in [-0.39, 0.29) is 31.6 Å². The third-order valence-corrected chi connectivity index (χ3v) is 3.29. The summed E-state index contributed by atoms with van der Waals surface area (Å²) in [7, 11) is 2.61. The van der Waals surface area contributed by atoms with Crippen LogP contribution >= 0.6 is 0 Å². The Balaban J connectivity index is 2.34. The highest BCUT2D eigenvalue weighted by molar-refractivity contribution is 5.69. The largest absolute Gasteiger partial charge is 0.469 e. The van der Waals surface area contributed by atoms with Gasteiger partial charge in [0.05, 0.1) is 38.9 Å². The van der Waals surface area contributed by atoms with Crippen LogP contribution in [0.1, 0.15) is 6.42 Å². The molecule has 0 bridgehead atoms. The van der Waals surface area contributed by atoms with Gasteiger partial charge in [-0.25, -0.2) is 0 Å². The summed E-state index contributed by atoms with van der Waals surface area (Å²) in [5, 5.41) is 9.90. The monoisotopic (exact) mass is 328 g/mol. The summed E-state index contributed by atoms with van der Waals surface area (Å²) in [6, 6.07) is 0. The van der Waals surface area contributed by atoms with E-state index >= 15 is 0 Å². The third-order valence-electron chi connectivity index (χ3n) is 3.29. The molecular weight excluding hydrogens is 305 g/mol. The van der Waals surface area contributed by atoms with Crippen molar-refractivity contribution in [3.05, 3.63) is 0 Å². The van der Waals surface area contributed by atoms with Gasteiger partial charge in [0.2, 0.25) is 0 Å². The van der Waals surface area contributed by atoms with Gasteiger partial charge in [0.25, 0.3) is 0 Å². The van der Waals surface area contributed by atoms with E-state index in [0.717, 1.165) is 4.90 Å². The molecule has 0 aromatic carbocycles. The number of nitrogens with zero attached hydrogens (tertiary/aromatic N) is 2. The van der Waals surface area contributed by atoms with Crippen LogP contribution in [-0.4, -0.2) is 92.7 Å². The Labute approximate surface area is 127 Å². The lowest BCUT2D eigenvalue weighted by molar-refractivity contribution is -0.146. The van der Waals surface area contributed by atoms with Crippen LogP contribution in [0.2, 0.25) is 0 Å². The van der Waals surface area contributed by atoms with E-state index in [1.165, 1.54) is 14.2 Å². The molecule has 1 aliphatic heterocycles. The van der Waals surface area contributed by atoms with Crippen LogP contribution in [-0.2, 0) is 14.3 Å². The van der Waals surface area contributed by atoms with Crippen molar-refractivity contribution in [1.82, 2.24) is 9.80 Å². The Hall–Kier alpha value is -0.900. The van der Waals surface area contributed by atoms with Gasteiger partial charge in [-0.2, -0.15) is 13.2 Å². The molecule has 2 atom stereocenters. The molecule has 6 nitrogen and oxygen atoms in total. The quantitative estimate of drug-likeness (QED) is 0.669. The first-order valence-electron chi connectivity index (χ1n) is 7.03. The molecule has 1 N–H and O–H groups in total. The number of aliphatic hydroxyl groups excluding tert-OH is 1. The molecule has 0 saturated carbocycles. The number of aliphatic hydroxyl groups is 1. The predicted molar refractivity (Wildman–Crippen MR) is 72.4 cm³/mol. The summed E-state index contributed by atoms with van der Waals surface area (Å²) in [5.41, 5.74) is 0. The molecule has 0 amide bonds. The van der Waals surface area contributed by atoms with Crippen molar-refractivity contribution in [2.45, 2.75) is 24.8 Å². The topological polar surface area (TPSA) is 62.2 Å². The number of halogens is 3. The lowest BCUT2D eigenvalue weighted by atomic mass is 10.2. The van der Waals surface area contributed by atoms with Gasteiger partial charge < -0.3 is 14.6 Å². The zero-order valence-corrected chi connectivity index (χ0v) is 12.8. The zero-order chi connectivity index (χ0) is 16.8.